The Morgan fingerprint density at radius 1 is 0.733 bits per heavy atom. The zero-order chi connectivity index (χ0) is 22.8. The molecule has 2 aromatic rings. The summed E-state index contributed by atoms with van der Waals surface area (Å²) < 4.78 is 0.272. The Hall–Kier alpha value is -2.20. The van der Waals surface area contributed by atoms with Crippen molar-refractivity contribution in [2.45, 2.75) is 66.2 Å². The number of rotatable bonds is 1. The highest BCUT2D eigenvalue weighted by molar-refractivity contribution is 9.12. The fourth-order valence-electron chi connectivity index (χ4n) is 3.84. The highest BCUT2D eigenvalue weighted by Crippen LogP contribution is 2.44. The number of carbonyl (C=O) groups excluding carboxylic acids is 2. The van der Waals surface area contributed by atoms with Gasteiger partial charge in [0, 0.05) is 27.8 Å². The summed E-state index contributed by atoms with van der Waals surface area (Å²) in [4.78, 5) is 26.7. The van der Waals surface area contributed by atoms with Crippen LogP contribution in [0.4, 0.5) is 0 Å². The summed E-state index contributed by atoms with van der Waals surface area (Å²) >= 11 is 3.43. The Bertz CT molecular complexity index is 1090. The zero-order valence-corrected chi connectivity index (χ0v) is 20.5. The van der Waals surface area contributed by atoms with E-state index in [0.29, 0.717) is 22.3 Å². The van der Waals surface area contributed by atoms with Crippen LogP contribution in [0, 0.1) is 13.8 Å². The lowest BCUT2D eigenvalue weighted by molar-refractivity contribution is 0.0999. The van der Waals surface area contributed by atoms with Crippen molar-refractivity contribution in [3.8, 4) is 5.75 Å². The fourth-order valence-corrected chi connectivity index (χ4v) is 4.46. The molecule has 0 aromatic heterocycles. The van der Waals surface area contributed by atoms with E-state index in [1.807, 2.05) is 67.5 Å². The van der Waals surface area contributed by atoms with Crippen molar-refractivity contribution in [2.75, 3.05) is 0 Å². The van der Waals surface area contributed by atoms with E-state index in [1.54, 1.807) is 12.1 Å². The second kappa shape index (κ2) is 7.19. The van der Waals surface area contributed by atoms with E-state index in [0.717, 1.165) is 22.3 Å². The van der Waals surface area contributed by atoms with Crippen LogP contribution in [0.15, 0.2) is 28.7 Å². The van der Waals surface area contributed by atoms with E-state index in [1.165, 1.54) is 0 Å². The molecule has 1 aliphatic rings. The van der Waals surface area contributed by atoms with Crippen LogP contribution >= 0.6 is 15.9 Å². The van der Waals surface area contributed by atoms with E-state index in [2.05, 4.69) is 15.9 Å². The van der Waals surface area contributed by atoms with Gasteiger partial charge in [-0.05, 0) is 81.6 Å². The molecule has 0 spiro atoms. The quantitative estimate of drug-likeness (QED) is 0.500. The van der Waals surface area contributed by atoms with Gasteiger partial charge in [-0.2, -0.15) is 0 Å². The van der Waals surface area contributed by atoms with E-state index in [-0.39, 0.29) is 32.6 Å². The highest BCUT2D eigenvalue weighted by Gasteiger charge is 2.34. The third-order valence-corrected chi connectivity index (χ3v) is 6.54. The average molecular weight is 469 g/mol. The fraction of sp³-hybridized carbons (Fsp3) is 0.385. The predicted molar refractivity (Wildman–Crippen MR) is 126 cm³/mol. The zero-order valence-electron chi connectivity index (χ0n) is 19.0. The van der Waals surface area contributed by atoms with Gasteiger partial charge in [0.15, 0.2) is 5.78 Å². The van der Waals surface area contributed by atoms with Crippen LogP contribution in [0.25, 0.3) is 5.57 Å². The van der Waals surface area contributed by atoms with E-state index < -0.39 is 0 Å². The van der Waals surface area contributed by atoms with Crippen LogP contribution in [0.1, 0.15) is 90.1 Å². The molecule has 0 bridgehead atoms. The van der Waals surface area contributed by atoms with E-state index in [4.69, 9.17) is 0 Å². The van der Waals surface area contributed by atoms with Crippen molar-refractivity contribution in [2.24, 2.45) is 0 Å². The van der Waals surface area contributed by atoms with Crippen molar-refractivity contribution in [3.63, 3.8) is 0 Å². The molecule has 0 unspecified atom stereocenters. The van der Waals surface area contributed by atoms with Gasteiger partial charge < -0.3 is 5.11 Å². The molecule has 0 saturated heterocycles. The number of benzene rings is 2. The van der Waals surface area contributed by atoms with Gasteiger partial charge in [-0.1, -0.05) is 41.5 Å². The Kier molecular flexibility index (Phi) is 5.39. The minimum Gasteiger partial charge on any atom is -0.507 e. The molecule has 3 rings (SSSR count). The monoisotopic (exact) mass is 468 g/mol. The van der Waals surface area contributed by atoms with Gasteiger partial charge in [0.1, 0.15) is 5.75 Å². The summed E-state index contributed by atoms with van der Waals surface area (Å²) in [6.45, 7) is 16.0. The normalized spacial score (nSPS) is 15.0. The first-order chi connectivity index (χ1) is 13.6. The molecule has 0 atom stereocenters. The predicted octanol–water partition coefficient (Wildman–Crippen LogP) is 6.79. The van der Waals surface area contributed by atoms with Gasteiger partial charge in [0.25, 0.3) is 0 Å². The van der Waals surface area contributed by atoms with Crippen LogP contribution < -0.4 is 0 Å². The number of carbonyl (C=O) groups is 2. The molecule has 4 heteroatoms. The molecule has 0 heterocycles. The lowest BCUT2D eigenvalue weighted by Gasteiger charge is -2.29. The van der Waals surface area contributed by atoms with Gasteiger partial charge in [-0.15, -0.1) is 0 Å². The van der Waals surface area contributed by atoms with Crippen LogP contribution in [0.3, 0.4) is 0 Å². The third kappa shape index (κ3) is 3.66. The van der Waals surface area contributed by atoms with Crippen LogP contribution in [0.2, 0.25) is 0 Å². The molecular formula is C26H29BrO3. The SMILES string of the molecule is Cc1cc2c(cc1C)C(=O)C(c1cc(C(C)(C)C)c(O)c(C(C)(C)C)c1)=C(Br)C2=O. The number of hydrogen-bond acceptors (Lipinski definition) is 3. The molecule has 1 N–H and O–H groups in total. The highest BCUT2D eigenvalue weighted by atomic mass is 79.9. The Morgan fingerprint density at radius 3 is 1.53 bits per heavy atom. The topological polar surface area (TPSA) is 54.4 Å². The standard InChI is InChI=1S/C26H29BrO3/c1-13-9-16-17(10-14(13)2)23(29)21(27)20(22(16)28)15-11-18(25(3,4)5)24(30)19(12-15)26(6,7)8/h9-12,30H,1-8H3. The van der Waals surface area contributed by atoms with Crippen LogP contribution in [-0.4, -0.2) is 16.7 Å². The van der Waals surface area contributed by atoms with Gasteiger partial charge in [-0.25, -0.2) is 0 Å². The lowest BCUT2D eigenvalue weighted by Crippen LogP contribution is -2.22. The largest absolute Gasteiger partial charge is 0.507 e. The first-order valence-corrected chi connectivity index (χ1v) is 10.9. The molecule has 0 fully saturated rings. The minimum absolute atomic E-state index is 0.176. The summed E-state index contributed by atoms with van der Waals surface area (Å²) in [5.74, 6) is -0.118. The number of aryl methyl sites for hydroxylation is 2. The molecule has 3 nitrogen and oxygen atoms in total. The number of ketones is 2. The number of fused-ring (bicyclic) bond motifs is 1. The third-order valence-electron chi connectivity index (χ3n) is 5.78. The smallest absolute Gasteiger partial charge is 0.201 e. The summed E-state index contributed by atoms with van der Waals surface area (Å²) in [5, 5.41) is 11.0. The number of phenols is 1. The second-order valence-electron chi connectivity index (χ2n) is 10.2. The summed E-state index contributed by atoms with van der Waals surface area (Å²) in [7, 11) is 0. The molecule has 0 saturated carbocycles. The molecule has 0 radical (unpaired) electrons. The van der Waals surface area contributed by atoms with Crippen molar-refractivity contribution in [1.29, 1.82) is 0 Å². The maximum absolute atomic E-state index is 13.5. The maximum Gasteiger partial charge on any atom is 0.201 e. The van der Waals surface area contributed by atoms with Crippen LogP contribution in [-0.2, 0) is 10.8 Å². The molecule has 2 aromatic carbocycles. The van der Waals surface area contributed by atoms with Crippen molar-refractivity contribution < 1.29 is 14.7 Å². The number of Topliss-reactive ketones (excluding diaryl/α,β-unsaturated/α-hetero) is 2. The molecular weight excluding hydrogens is 440 g/mol. The summed E-state index contributed by atoms with van der Waals surface area (Å²) in [6.07, 6.45) is 0. The Morgan fingerprint density at radius 2 is 1.13 bits per heavy atom. The molecule has 0 aliphatic heterocycles. The van der Waals surface area contributed by atoms with Gasteiger partial charge in [0.2, 0.25) is 5.78 Å². The maximum atomic E-state index is 13.5. The summed E-state index contributed by atoms with van der Waals surface area (Å²) in [6, 6.07) is 7.29. The minimum atomic E-state index is -0.333. The number of aromatic hydroxyl groups is 1. The number of phenolic OH excluding ortho intramolecular Hbond substituents is 1. The second-order valence-corrected chi connectivity index (χ2v) is 11.0. The van der Waals surface area contributed by atoms with Crippen molar-refractivity contribution >= 4 is 33.1 Å². The van der Waals surface area contributed by atoms with E-state index >= 15 is 0 Å². The molecule has 0 amide bonds. The molecule has 30 heavy (non-hydrogen) atoms. The first kappa shape index (κ1) is 22.5. The number of halogens is 1. The van der Waals surface area contributed by atoms with E-state index in [9.17, 15) is 14.7 Å². The van der Waals surface area contributed by atoms with Crippen molar-refractivity contribution in [1.82, 2.24) is 0 Å². The van der Waals surface area contributed by atoms with Crippen molar-refractivity contribution in [3.05, 3.63) is 67.7 Å². The van der Waals surface area contributed by atoms with Gasteiger partial charge in [0.05, 0.1) is 4.48 Å². The van der Waals surface area contributed by atoms with Gasteiger partial charge in [-0.3, -0.25) is 9.59 Å². The first-order valence-electron chi connectivity index (χ1n) is 10.1. The lowest BCUT2D eigenvalue weighted by atomic mass is 9.76. The van der Waals surface area contributed by atoms with Gasteiger partial charge >= 0.3 is 0 Å². The molecule has 158 valence electrons. The summed E-state index contributed by atoms with van der Waals surface area (Å²) in [5.41, 5.74) is 4.67. The number of hydrogen-bond donors (Lipinski definition) is 1. The number of allylic oxidation sites excluding steroid dienone is 2. The Balaban J connectivity index is 2.35. The molecule has 1 aliphatic carbocycles. The van der Waals surface area contributed by atoms with Crippen LogP contribution in [0.5, 0.6) is 5.75 Å². The Labute approximate surface area is 187 Å². The average Bonchev–Trinajstić information content (AvgIpc) is 2.61.